The highest BCUT2D eigenvalue weighted by atomic mass is 32.1. The van der Waals surface area contributed by atoms with Gasteiger partial charge in [-0.1, -0.05) is 19.3 Å². The molecular weight excluding hydrogens is 232 g/mol. The van der Waals surface area contributed by atoms with Crippen molar-refractivity contribution in [2.75, 3.05) is 17.2 Å². The molecule has 1 heterocycles. The van der Waals surface area contributed by atoms with E-state index >= 15 is 0 Å². The van der Waals surface area contributed by atoms with Gasteiger partial charge in [-0.25, -0.2) is 0 Å². The molecule has 0 aromatic carbocycles. The lowest BCUT2D eigenvalue weighted by Crippen LogP contribution is -2.36. The van der Waals surface area contributed by atoms with E-state index in [1.807, 2.05) is 0 Å². The minimum absolute atomic E-state index is 0.377. The first-order chi connectivity index (χ1) is 8.27. The van der Waals surface area contributed by atoms with Crippen LogP contribution in [0, 0.1) is 11.3 Å². The van der Waals surface area contributed by atoms with Gasteiger partial charge in [0.25, 0.3) is 0 Å². The van der Waals surface area contributed by atoms with Crippen LogP contribution in [0.5, 0.6) is 0 Å². The molecular formula is C12H18N4S. The van der Waals surface area contributed by atoms with Gasteiger partial charge in [0.15, 0.2) is 5.82 Å². The number of hydrogen-bond acceptors (Lipinski definition) is 5. The maximum Gasteiger partial charge on any atom is 0.157 e. The summed E-state index contributed by atoms with van der Waals surface area (Å²) in [5, 5.41) is 10.1. The topological polar surface area (TPSA) is 65.9 Å². The van der Waals surface area contributed by atoms with Gasteiger partial charge in [-0.2, -0.15) is 9.64 Å². The van der Waals surface area contributed by atoms with E-state index in [2.05, 4.69) is 22.3 Å². The summed E-state index contributed by atoms with van der Waals surface area (Å²) in [6.07, 6.45) is 6.35. The van der Waals surface area contributed by atoms with Crippen LogP contribution in [0.2, 0.25) is 0 Å². The van der Waals surface area contributed by atoms with Crippen LogP contribution in [0.3, 0.4) is 0 Å². The van der Waals surface area contributed by atoms with Gasteiger partial charge in [0, 0.05) is 12.6 Å². The Hall–Kier alpha value is -1.28. The maximum atomic E-state index is 9.14. The van der Waals surface area contributed by atoms with Crippen molar-refractivity contribution in [3.05, 3.63) is 5.56 Å². The lowest BCUT2D eigenvalue weighted by Gasteiger charge is -2.34. The van der Waals surface area contributed by atoms with Gasteiger partial charge in [-0.3, -0.25) is 0 Å². The SMILES string of the molecule is CCN(c1snc(N)c1C#N)C1CCCCC1. The summed E-state index contributed by atoms with van der Waals surface area (Å²) in [5.74, 6) is 0.377. The van der Waals surface area contributed by atoms with Gasteiger partial charge >= 0.3 is 0 Å². The van der Waals surface area contributed by atoms with Crippen molar-refractivity contribution in [2.45, 2.75) is 45.1 Å². The molecule has 0 aliphatic heterocycles. The second-order valence-corrected chi connectivity index (χ2v) is 5.19. The third kappa shape index (κ3) is 2.37. The molecule has 0 saturated heterocycles. The molecule has 5 heteroatoms. The molecule has 1 saturated carbocycles. The standard InChI is InChI=1S/C12H18N4S/c1-2-16(9-6-4-3-5-7-9)12-10(8-13)11(14)15-17-12/h9H,2-7H2,1H3,(H2,14,15). The molecule has 1 fully saturated rings. The normalized spacial score (nSPS) is 16.7. The fourth-order valence-electron chi connectivity index (χ4n) is 2.55. The summed E-state index contributed by atoms with van der Waals surface area (Å²) in [6, 6.07) is 2.74. The minimum atomic E-state index is 0.377. The molecule has 4 nitrogen and oxygen atoms in total. The number of nitrogens with two attached hydrogens (primary N) is 1. The Morgan fingerprint density at radius 3 is 2.76 bits per heavy atom. The largest absolute Gasteiger partial charge is 0.382 e. The Labute approximate surface area is 106 Å². The average Bonchev–Trinajstić information content (AvgIpc) is 2.73. The summed E-state index contributed by atoms with van der Waals surface area (Å²) < 4.78 is 4.11. The summed E-state index contributed by atoms with van der Waals surface area (Å²) in [6.45, 7) is 3.05. The highest BCUT2D eigenvalue weighted by Gasteiger charge is 2.25. The van der Waals surface area contributed by atoms with E-state index in [4.69, 9.17) is 11.0 Å². The Bertz CT molecular complexity index is 415. The van der Waals surface area contributed by atoms with Crippen LogP contribution in [-0.4, -0.2) is 17.0 Å². The molecule has 92 valence electrons. The van der Waals surface area contributed by atoms with Crippen molar-refractivity contribution < 1.29 is 0 Å². The molecule has 17 heavy (non-hydrogen) atoms. The van der Waals surface area contributed by atoms with Crippen LogP contribution in [0.25, 0.3) is 0 Å². The Balaban J connectivity index is 2.25. The molecule has 1 aromatic rings. The molecule has 0 bridgehead atoms. The molecule has 0 atom stereocenters. The number of nitrogen functional groups attached to an aromatic ring is 1. The molecule has 1 aliphatic carbocycles. The van der Waals surface area contributed by atoms with Crippen LogP contribution < -0.4 is 10.6 Å². The number of nitrogens with zero attached hydrogens (tertiary/aromatic N) is 3. The summed E-state index contributed by atoms with van der Waals surface area (Å²) >= 11 is 1.36. The second-order valence-electron chi connectivity index (χ2n) is 4.44. The summed E-state index contributed by atoms with van der Waals surface area (Å²) in [7, 11) is 0. The first-order valence-corrected chi connectivity index (χ1v) is 6.97. The quantitative estimate of drug-likeness (QED) is 0.895. The number of nitriles is 1. The first-order valence-electron chi connectivity index (χ1n) is 6.19. The minimum Gasteiger partial charge on any atom is -0.382 e. The highest BCUT2D eigenvalue weighted by Crippen LogP contribution is 2.34. The van der Waals surface area contributed by atoms with Crippen molar-refractivity contribution in [3.8, 4) is 6.07 Å². The zero-order chi connectivity index (χ0) is 12.3. The molecule has 2 rings (SSSR count). The fraction of sp³-hybridized carbons (Fsp3) is 0.667. The van der Waals surface area contributed by atoms with Crippen molar-refractivity contribution in [3.63, 3.8) is 0 Å². The van der Waals surface area contributed by atoms with Crippen molar-refractivity contribution in [1.29, 1.82) is 5.26 Å². The van der Waals surface area contributed by atoms with Gasteiger partial charge < -0.3 is 10.6 Å². The van der Waals surface area contributed by atoms with Crippen molar-refractivity contribution in [1.82, 2.24) is 4.37 Å². The molecule has 0 amide bonds. The zero-order valence-electron chi connectivity index (χ0n) is 10.1. The Kier molecular flexibility index (Phi) is 3.85. The third-order valence-corrected chi connectivity index (χ3v) is 4.33. The highest BCUT2D eigenvalue weighted by molar-refractivity contribution is 7.10. The Morgan fingerprint density at radius 2 is 2.18 bits per heavy atom. The summed E-state index contributed by atoms with van der Waals surface area (Å²) in [5.41, 5.74) is 6.28. The maximum absolute atomic E-state index is 9.14. The molecule has 0 unspecified atom stereocenters. The number of aromatic nitrogens is 1. The molecule has 2 N–H and O–H groups in total. The van der Waals surface area contributed by atoms with E-state index in [0.717, 1.165) is 11.5 Å². The van der Waals surface area contributed by atoms with Crippen molar-refractivity contribution >= 4 is 22.4 Å². The number of hydrogen-bond donors (Lipinski definition) is 1. The van der Waals surface area contributed by atoms with Gasteiger partial charge in [-0.05, 0) is 31.3 Å². The first kappa shape index (κ1) is 12.2. The van der Waals surface area contributed by atoms with Crippen LogP contribution >= 0.6 is 11.5 Å². The molecule has 1 aromatic heterocycles. The van der Waals surface area contributed by atoms with E-state index in [-0.39, 0.29) is 0 Å². The third-order valence-electron chi connectivity index (χ3n) is 3.43. The molecule has 0 spiro atoms. The summed E-state index contributed by atoms with van der Waals surface area (Å²) in [4.78, 5) is 2.31. The lowest BCUT2D eigenvalue weighted by atomic mass is 9.94. The van der Waals surface area contributed by atoms with Gasteiger partial charge in [0.05, 0.1) is 0 Å². The smallest absolute Gasteiger partial charge is 0.157 e. The predicted octanol–water partition coefficient (Wildman–Crippen LogP) is 2.76. The van der Waals surface area contributed by atoms with E-state index in [0.29, 0.717) is 17.4 Å². The molecule has 1 aliphatic rings. The van der Waals surface area contributed by atoms with Gasteiger partial charge in [-0.15, -0.1) is 0 Å². The Morgan fingerprint density at radius 1 is 1.47 bits per heavy atom. The van der Waals surface area contributed by atoms with E-state index in [1.54, 1.807) is 0 Å². The fourth-order valence-corrected chi connectivity index (χ4v) is 3.46. The zero-order valence-corrected chi connectivity index (χ0v) is 11.0. The second kappa shape index (κ2) is 5.37. The monoisotopic (exact) mass is 250 g/mol. The predicted molar refractivity (Wildman–Crippen MR) is 71.1 cm³/mol. The number of anilines is 2. The van der Waals surface area contributed by atoms with Crippen LogP contribution in [0.1, 0.15) is 44.6 Å². The van der Waals surface area contributed by atoms with Crippen molar-refractivity contribution in [2.24, 2.45) is 0 Å². The van der Waals surface area contributed by atoms with Crippen LogP contribution in [-0.2, 0) is 0 Å². The van der Waals surface area contributed by atoms with E-state index < -0.39 is 0 Å². The number of rotatable bonds is 3. The van der Waals surface area contributed by atoms with E-state index in [1.165, 1.54) is 43.6 Å². The van der Waals surface area contributed by atoms with Crippen LogP contribution in [0.4, 0.5) is 10.8 Å². The van der Waals surface area contributed by atoms with Gasteiger partial charge in [0.1, 0.15) is 16.6 Å². The van der Waals surface area contributed by atoms with Crippen LogP contribution in [0.15, 0.2) is 0 Å². The average molecular weight is 250 g/mol. The van der Waals surface area contributed by atoms with Gasteiger partial charge in [0.2, 0.25) is 0 Å². The lowest BCUT2D eigenvalue weighted by molar-refractivity contribution is 0.419. The molecule has 0 radical (unpaired) electrons. The van der Waals surface area contributed by atoms with E-state index in [9.17, 15) is 0 Å².